The van der Waals surface area contributed by atoms with Crippen molar-refractivity contribution < 1.29 is 9.63 Å². The van der Waals surface area contributed by atoms with Crippen LogP contribution in [-0.2, 0) is 12.8 Å². The van der Waals surface area contributed by atoms with E-state index >= 15 is 0 Å². The molecule has 1 aromatic carbocycles. The molecule has 0 bridgehead atoms. The van der Waals surface area contributed by atoms with Crippen molar-refractivity contribution in [3.63, 3.8) is 0 Å². The molecule has 102 valence electrons. The number of aryl methyl sites for hydroxylation is 2. The van der Waals surface area contributed by atoms with Gasteiger partial charge in [0, 0.05) is 6.42 Å². The van der Waals surface area contributed by atoms with E-state index in [0.717, 1.165) is 12.8 Å². The van der Waals surface area contributed by atoms with Gasteiger partial charge in [-0.1, -0.05) is 49.3 Å². The Hall–Kier alpha value is -1.68. The standard InChI is InChI=1S/C15H20N2O2/c1-3-13(18)11(2)15-16-14(17-19-15)10-9-12-7-5-4-6-8-12/h4-8,11,13,18H,3,9-10H2,1-2H3. The lowest BCUT2D eigenvalue weighted by Crippen LogP contribution is -2.14. The highest BCUT2D eigenvalue weighted by Gasteiger charge is 2.20. The summed E-state index contributed by atoms with van der Waals surface area (Å²) in [4.78, 5) is 4.36. The number of nitrogens with zero attached hydrogens (tertiary/aromatic N) is 2. The first-order chi connectivity index (χ1) is 9.20. The maximum Gasteiger partial charge on any atom is 0.232 e. The first-order valence-electron chi connectivity index (χ1n) is 6.75. The third-order valence-corrected chi connectivity index (χ3v) is 3.35. The van der Waals surface area contributed by atoms with Crippen molar-refractivity contribution in [1.29, 1.82) is 0 Å². The molecule has 2 aromatic rings. The quantitative estimate of drug-likeness (QED) is 0.867. The Kier molecular flexibility index (Phi) is 4.68. The maximum atomic E-state index is 9.77. The second-order valence-electron chi connectivity index (χ2n) is 4.80. The van der Waals surface area contributed by atoms with Crippen LogP contribution in [0.25, 0.3) is 0 Å². The van der Waals surface area contributed by atoms with Gasteiger partial charge in [0.05, 0.1) is 12.0 Å². The molecule has 1 aromatic heterocycles. The molecule has 0 saturated heterocycles. The van der Waals surface area contributed by atoms with E-state index in [1.165, 1.54) is 5.56 Å². The lowest BCUT2D eigenvalue weighted by molar-refractivity contribution is 0.129. The highest BCUT2D eigenvalue weighted by Crippen LogP contribution is 2.19. The summed E-state index contributed by atoms with van der Waals surface area (Å²) in [7, 11) is 0. The fourth-order valence-electron chi connectivity index (χ4n) is 1.97. The van der Waals surface area contributed by atoms with Gasteiger partial charge in [0.2, 0.25) is 5.89 Å². The van der Waals surface area contributed by atoms with Crippen molar-refractivity contribution in [2.24, 2.45) is 0 Å². The summed E-state index contributed by atoms with van der Waals surface area (Å²) in [6.45, 7) is 3.84. The summed E-state index contributed by atoms with van der Waals surface area (Å²) in [5, 5.41) is 13.7. The molecular formula is C15H20N2O2. The van der Waals surface area contributed by atoms with Gasteiger partial charge in [-0.05, 0) is 18.4 Å². The van der Waals surface area contributed by atoms with E-state index in [1.807, 2.05) is 32.0 Å². The van der Waals surface area contributed by atoms with Crippen molar-refractivity contribution >= 4 is 0 Å². The third-order valence-electron chi connectivity index (χ3n) is 3.35. The SMILES string of the molecule is CCC(O)C(C)c1nc(CCc2ccccc2)no1. The van der Waals surface area contributed by atoms with E-state index in [-0.39, 0.29) is 5.92 Å². The Labute approximate surface area is 113 Å². The Morgan fingerprint density at radius 3 is 2.63 bits per heavy atom. The Morgan fingerprint density at radius 1 is 1.21 bits per heavy atom. The molecule has 0 spiro atoms. The zero-order valence-corrected chi connectivity index (χ0v) is 11.4. The van der Waals surface area contributed by atoms with Crippen molar-refractivity contribution in [2.75, 3.05) is 0 Å². The normalized spacial score (nSPS) is 14.3. The Morgan fingerprint density at radius 2 is 1.95 bits per heavy atom. The van der Waals surface area contributed by atoms with E-state index in [4.69, 9.17) is 4.52 Å². The monoisotopic (exact) mass is 260 g/mol. The van der Waals surface area contributed by atoms with Gasteiger partial charge in [0.25, 0.3) is 0 Å². The zero-order valence-electron chi connectivity index (χ0n) is 11.4. The maximum absolute atomic E-state index is 9.77. The molecule has 19 heavy (non-hydrogen) atoms. The van der Waals surface area contributed by atoms with E-state index < -0.39 is 6.10 Å². The fourth-order valence-corrected chi connectivity index (χ4v) is 1.97. The minimum atomic E-state index is -0.428. The lowest BCUT2D eigenvalue weighted by Gasteiger charge is -2.11. The number of hydrogen-bond acceptors (Lipinski definition) is 4. The van der Waals surface area contributed by atoms with Gasteiger partial charge in [-0.15, -0.1) is 0 Å². The molecule has 1 N–H and O–H groups in total. The second-order valence-corrected chi connectivity index (χ2v) is 4.80. The van der Waals surface area contributed by atoms with Crippen molar-refractivity contribution in [3.8, 4) is 0 Å². The van der Waals surface area contributed by atoms with Crippen LogP contribution in [0.1, 0.15) is 43.5 Å². The Balaban J connectivity index is 1.94. The van der Waals surface area contributed by atoms with E-state index in [2.05, 4.69) is 22.3 Å². The summed E-state index contributed by atoms with van der Waals surface area (Å²) in [6, 6.07) is 10.2. The number of benzene rings is 1. The van der Waals surface area contributed by atoms with Gasteiger partial charge in [-0.3, -0.25) is 0 Å². The van der Waals surface area contributed by atoms with Gasteiger partial charge in [0.15, 0.2) is 5.82 Å². The van der Waals surface area contributed by atoms with Crippen molar-refractivity contribution in [2.45, 2.75) is 45.1 Å². The van der Waals surface area contributed by atoms with Crippen LogP contribution in [0.15, 0.2) is 34.9 Å². The van der Waals surface area contributed by atoms with Crippen molar-refractivity contribution in [3.05, 3.63) is 47.6 Å². The molecule has 0 aliphatic rings. The van der Waals surface area contributed by atoms with Crippen LogP contribution in [0.4, 0.5) is 0 Å². The van der Waals surface area contributed by atoms with Gasteiger partial charge >= 0.3 is 0 Å². The first kappa shape index (κ1) is 13.7. The van der Waals surface area contributed by atoms with Crippen LogP contribution in [0.3, 0.4) is 0 Å². The molecule has 0 aliphatic heterocycles. The number of hydrogen-bond donors (Lipinski definition) is 1. The van der Waals surface area contributed by atoms with E-state index in [0.29, 0.717) is 18.1 Å². The molecular weight excluding hydrogens is 240 g/mol. The average Bonchev–Trinajstić information content (AvgIpc) is 2.93. The van der Waals surface area contributed by atoms with Crippen LogP contribution in [0.2, 0.25) is 0 Å². The van der Waals surface area contributed by atoms with Crippen LogP contribution < -0.4 is 0 Å². The van der Waals surface area contributed by atoms with Crippen LogP contribution >= 0.6 is 0 Å². The number of aliphatic hydroxyl groups excluding tert-OH is 1. The predicted molar refractivity (Wildman–Crippen MR) is 72.9 cm³/mol. The largest absolute Gasteiger partial charge is 0.392 e. The van der Waals surface area contributed by atoms with Crippen LogP contribution in [-0.4, -0.2) is 21.4 Å². The smallest absolute Gasteiger partial charge is 0.232 e. The third kappa shape index (κ3) is 3.64. The van der Waals surface area contributed by atoms with E-state index in [1.54, 1.807) is 0 Å². The molecule has 2 atom stereocenters. The summed E-state index contributed by atoms with van der Waals surface area (Å²) in [5.41, 5.74) is 1.26. The molecule has 4 heteroatoms. The molecule has 0 amide bonds. The molecule has 1 heterocycles. The average molecular weight is 260 g/mol. The van der Waals surface area contributed by atoms with Gasteiger partial charge in [0.1, 0.15) is 0 Å². The number of aromatic nitrogens is 2. The summed E-state index contributed by atoms with van der Waals surface area (Å²) >= 11 is 0. The molecule has 0 saturated carbocycles. The molecule has 0 radical (unpaired) electrons. The summed E-state index contributed by atoms with van der Waals surface area (Å²) in [5.74, 6) is 1.12. The van der Waals surface area contributed by atoms with E-state index in [9.17, 15) is 5.11 Å². The first-order valence-corrected chi connectivity index (χ1v) is 6.75. The van der Waals surface area contributed by atoms with Gasteiger partial charge < -0.3 is 9.63 Å². The predicted octanol–water partition coefficient (Wildman–Crippen LogP) is 2.73. The summed E-state index contributed by atoms with van der Waals surface area (Å²) < 4.78 is 5.22. The molecule has 0 aliphatic carbocycles. The summed E-state index contributed by atoms with van der Waals surface area (Å²) in [6.07, 6.45) is 1.90. The van der Waals surface area contributed by atoms with Gasteiger partial charge in [-0.25, -0.2) is 0 Å². The van der Waals surface area contributed by atoms with Crippen LogP contribution in [0, 0.1) is 0 Å². The second kappa shape index (κ2) is 6.48. The zero-order chi connectivity index (χ0) is 13.7. The minimum absolute atomic E-state index is 0.108. The molecule has 0 fully saturated rings. The fraction of sp³-hybridized carbons (Fsp3) is 0.467. The van der Waals surface area contributed by atoms with Crippen LogP contribution in [0.5, 0.6) is 0 Å². The number of aliphatic hydroxyl groups is 1. The topological polar surface area (TPSA) is 59.2 Å². The highest BCUT2D eigenvalue weighted by molar-refractivity contribution is 5.15. The van der Waals surface area contributed by atoms with Crippen molar-refractivity contribution in [1.82, 2.24) is 10.1 Å². The van der Waals surface area contributed by atoms with Gasteiger partial charge in [-0.2, -0.15) is 4.98 Å². The lowest BCUT2D eigenvalue weighted by atomic mass is 10.0. The molecule has 2 rings (SSSR count). The molecule has 4 nitrogen and oxygen atoms in total. The molecule has 2 unspecified atom stereocenters. The number of rotatable bonds is 6. The highest BCUT2D eigenvalue weighted by atomic mass is 16.5. The minimum Gasteiger partial charge on any atom is -0.392 e. The Bertz CT molecular complexity index is 496.